The lowest BCUT2D eigenvalue weighted by Crippen LogP contribution is -2.33. The summed E-state index contributed by atoms with van der Waals surface area (Å²) in [6.45, 7) is 3.33. The van der Waals surface area contributed by atoms with Gasteiger partial charge in [-0.3, -0.25) is 14.3 Å². The van der Waals surface area contributed by atoms with E-state index >= 15 is 0 Å². The molecule has 7 heteroatoms. The number of nitrogens with zero attached hydrogens (tertiary/aromatic N) is 1. The maximum atomic E-state index is 11.7. The van der Waals surface area contributed by atoms with Crippen molar-refractivity contribution in [3.8, 4) is 0 Å². The van der Waals surface area contributed by atoms with Crippen molar-refractivity contribution in [2.75, 3.05) is 13.2 Å². The molecule has 0 aromatic carbocycles. The molecule has 2 heterocycles. The van der Waals surface area contributed by atoms with Gasteiger partial charge < -0.3 is 9.47 Å². The molecule has 0 unspecified atom stereocenters. The van der Waals surface area contributed by atoms with E-state index in [4.69, 9.17) is 9.47 Å². The summed E-state index contributed by atoms with van der Waals surface area (Å²) in [5.41, 5.74) is -0.784. The predicted octanol–water partition coefficient (Wildman–Crippen LogP) is 1.25. The molecule has 0 bridgehead atoms. The number of rotatable bonds is 5. The Bertz CT molecular complexity index is 539. The van der Waals surface area contributed by atoms with Crippen LogP contribution in [0.2, 0.25) is 0 Å². The van der Waals surface area contributed by atoms with Crippen LogP contribution in [0.3, 0.4) is 0 Å². The lowest BCUT2D eigenvalue weighted by Gasteiger charge is -2.15. The first-order valence-corrected chi connectivity index (χ1v) is 7.44. The molecule has 0 amide bonds. The Morgan fingerprint density at radius 2 is 2.32 bits per heavy atom. The molecule has 1 aliphatic rings. The van der Waals surface area contributed by atoms with Gasteiger partial charge in [-0.25, -0.2) is 4.79 Å². The molecule has 1 aromatic rings. The number of hydrogen-bond acceptors (Lipinski definition) is 4. The van der Waals surface area contributed by atoms with Crippen LogP contribution in [0, 0.1) is 3.57 Å². The molecule has 0 spiro atoms. The van der Waals surface area contributed by atoms with Gasteiger partial charge in [-0.05, 0) is 41.9 Å². The molecule has 1 saturated heterocycles. The van der Waals surface area contributed by atoms with Gasteiger partial charge in [0.05, 0.1) is 16.3 Å². The average Bonchev–Trinajstić information content (AvgIpc) is 2.83. The smallest absolute Gasteiger partial charge is 0.330 e. The minimum atomic E-state index is -0.425. The van der Waals surface area contributed by atoms with Gasteiger partial charge in [0.25, 0.3) is 5.56 Å². The molecule has 6 nitrogen and oxygen atoms in total. The van der Waals surface area contributed by atoms with Gasteiger partial charge in [0.2, 0.25) is 0 Å². The largest absolute Gasteiger partial charge is 0.379 e. The SMILES string of the molecule is CCCOC[C@@H]1CC[C@H](n2cc(I)c(=O)[nH]c2=O)O1. The van der Waals surface area contributed by atoms with E-state index in [1.807, 2.05) is 22.6 Å². The third-order valence-corrected chi connectivity index (χ3v) is 3.74. The van der Waals surface area contributed by atoms with E-state index < -0.39 is 5.69 Å². The van der Waals surface area contributed by atoms with Crippen LogP contribution in [0.4, 0.5) is 0 Å². The minimum absolute atomic E-state index is 0.0213. The number of H-pyrrole nitrogens is 1. The summed E-state index contributed by atoms with van der Waals surface area (Å²) in [6, 6.07) is 0. The normalized spacial score (nSPS) is 22.8. The van der Waals surface area contributed by atoms with Gasteiger partial charge in [-0.1, -0.05) is 6.92 Å². The molecular formula is C12H17IN2O4. The van der Waals surface area contributed by atoms with E-state index in [1.54, 1.807) is 6.20 Å². The number of aromatic nitrogens is 2. The first-order chi connectivity index (χ1) is 9.11. The predicted molar refractivity (Wildman–Crippen MR) is 78.3 cm³/mol. The second kappa shape index (κ2) is 6.67. The van der Waals surface area contributed by atoms with Crippen LogP contribution < -0.4 is 11.2 Å². The zero-order chi connectivity index (χ0) is 13.8. The van der Waals surface area contributed by atoms with Crippen molar-refractivity contribution in [3.63, 3.8) is 0 Å². The topological polar surface area (TPSA) is 73.3 Å². The van der Waals surface area contributed by atoms with Crippen LogP contribution in [-0.2, 0) is 9.47 Å². The summed E-state index contributed by atoms with van der Waals surface area (Å²) in [7, 11) is 0. The Morgan fingerprint density at radius 3 is 3.05 bits per heavy atom. The van der Waals surface area contributed by atoms with E-state index in [1.165, 1.54) is 4.57 Å². The lowest BCUT2D eigenvalue weighted by atomic mass is 10.2. The van der Waals surface area contributed by atoms with Gasteiger partial charge in [0.1, 0.15) is 6.23 Å². The van der Waals surface area contributed by atoms with E-state index in [2.05, 4.69) is 11.9 Å². The summed E-state index contributed by atoms with van der Waals surface area (Å²) in [6.07, 6.45) is 3.84. The molecule has 0 saturated carbocycles. The molecule has 1 aliphatic heterocycles. The van der Waals surface area contributed by atoms with Gasteiger partial charge in [-0.15, -0.1) is 0 Å². The van der Waals surface area contributed by atoms with Crippen LogP contribution in [0.15, 0.2) is 15.8 Å². The Hall–Kier alpha value is -0.670. The summed E-state index contributed by atoms with van der Waals surface area (Å²) in [4.78, 5) is 25.3. The number of aromatic amines is 1. The van der Waals surface area contributed by atoms with Crippen LogP contribution in [0.5, 0.6) is 0 Å². The zero-order valence-electron chi connectivity index (χ0n) is 10.7. The van der Waals surface area contributed by atoms with Crippen molar-refractivity contribution in [2.45, 2.75) is 38.5 Å². The van der Waals surface area contributed by atoms with E-state index in [0.717, 1.165) is 25.9 Å². The van der Waals surface area contributed by atoms with Crippen molar-refractivity contribution in [2.24, 2.45) is 0 Å². The van der Waals surface area contributed by atoms with Crippen molar-refractivity contribution < 1.29 is 9.47 Å². The molecule has 1 aromatic heterocycles. The fourth-order valence-electron chi connectivity index (χ4n) is 2.05. The van der Waals surface area contributed by atoms with Crippen LogP contribution in [0.1, 0.15) is 32.4 Å². The average molecular weight is 380 g/mol. The highest BCUT2D eigenvalue weighted by molar-refractivity contribution is 14.1. The molecule has 2 rings (SSSR count). The number of ether oxygens (including phenoxy) is 2. The molecule has 19 heavy (non-hydrogen) atoms. The summed E-state index contributed by atoms with van der Waals surface area (Å²) in [5.74, 6) is 0. The standard InChI is InChI=1S/C12H17IN2O4/c1-2-5-18-7-8-3-4-10(19-8)15-6-9(13)11(16)14-12(15)17/h6,8,10H,2-5,7H2,1H3,(H,14,16,17)/t8-,10+/m0/s1. The first kappa shape index (κ1) is 14.7. The van der Waals surface area contributed by atoms with E-state index in [9.17, 15) is 9.59 Å². The van der Waals surface area contributed by atoms with Gasteiger partial charge in [0.15, 0.2) is 0 Å². The Balaban J connectivity index is 2.03. The highest BCUT2D eigenvalue weighted by Gasteiger charge is 2.27. The quantitative estimate of drug-likeness (QED) is 0.617. The molecule has 106 valence electrons. The summed E-state index contributed by atoms with van der Waals surface area (Å²) in [5, 5.41) is 0. The number of hydrogen-bond donors (Lipinski definition) is 1. The highest BCUT2D eigenvalue weighted by Crippen LogP contribution is 2.27. The van der Waals surface area contributed by atoms with E-state index in [-0.39, 0.29) is 17.9 Å². The van der Waals surface area contributed by atoms with Crippen molar-refractivity contribution in [1.82, 2.24) is 9.55 Å². The first-order valence-electron chi connectivity index (χ1n) is 6.36. The second-order valence-corrected chi connectivity index (χ2v) is 5.67. The number of halogens is 1. The molecular weight excluding hydrogens is 363 g/mol. The van der Waals surface area contributed by atoms with Gasteiger partial charge >= 0.3 is 5.69 Å². The molecule has 0 aliphatic carbocycles. The molecule has 2 atom stereocenters. The monoisotopic (exact) mass is 380 g/mol. The van der Waals surface area contributed by atoms with Crippen LogP contribution in [0.25, 0.3) is 0 Å². The van der Waals surface area contributed by atoms with Crippen LogP contribution >= 0.6 is 22.6 Å². The molecule has 1 N–H and O–H groups in total. The maximum absolute atomic E-state index is 11.7. The Kier molecular flexibility index (Phi) is 5.17. The van der Waals surface area contributed by atoms with Gasteiger partial charge in [0, 0.05) is 12.8 Å². The third-order valence-electron chi connectivity index (χ3n) is 2.97. The third kappa shape index (κ3) is 3.67. The fourth-order valence-corrected chi connectivity index (χ4v) is 2.48. The second-order valence-electron chi connectivity index (χ2n) is 4.51. The highest BCUT2D eigenvalue weighted by atomic mass is 127. The molecule has 0 radical (unpaired) electrons. The Labute approximate surface area is 124 Å². The van der Waals surface area contributed by atoms with E-state index in [0.29, 0.717) is 10.2 Å². The van der Waals surface area contributed by atoms with Crippen molar-refractivity contribution >= 4 is 22.6 Å². The van der Waals surface area contributed by atoms with Crippen molar-refractivity contribution in [1.29, 1.82) is 0 Å². The summed E-state index contributed by atoms with van der Waals surface area (Å²) >= 11 is 1.90. The zero-order valence-corrected chi connectivity index (χ0v) is 12.9. The van der Waals surface area contributed by atoms with Gasteiger partial charge in [-0.2, -0.15) is 0 Å². The fraction of sp³-hybridized carbons (Fsp3) is 0.667. The van der Waals surface area contributed by atoms with Crippen LogP contribution in [-0.4, -0.2) is 28.9 Å². The molecule has 1 fully saturated rings. The maximum Gasteiger partial charge on any atom is 0.330 e. The van der Waals surface area contributed by atoms with Crippen molar-refractivity contribution in [3.05, 3.63) is 30.6 Å². The lowest BCUT2D eigenvalue weighted by molar-refractivity contribution is -0.0427. The minimum Gasteiger partial charge on any atom is -0.379 e. The summed E-state index contributed by atoms with van der Waals surface area (Å²) < 4.78 is 13.2. The number of nitrogens with one attached hydrogen (secondary N) is 1. The Morgan fingerprint density at radius 1 is 1.53 bits per heavy atom.